The van der Waals surface area contributed by atoms with Gasteiger partial charge in [-0.25, -0.2) is 4.39 Å². The Kier molecular flexibility index (Phi) is 4.59. The molecule has 3 nitrogen and oxygen atoms in total. The molecule has 4 heteroatoms. The molecule has 1 aliphatic rings. The molecule has 1 aromatic carbocycles. The van der Waals surface area contributed by atoms with E-state index >= 15 is 0 Å². The summed E-state index contributed by atoms with van der Waals surface area (Å²) in [6, 6.07) is 10.9. The fourth-order valence-corrected chi connectivity index (χ4v) is 2.86. The first-order valence-corrected chi connectivity index (χ1v) is 7.67. The minimum Gasteiger partial charge on any atom is -0.316 e. The Hall–Kier alpha value is -2.07. The van der Waals surface area contributed by atoms with Gasteiger partial charge in [0.25, 0.3) is 0 Å². The van der Waals surface area contributed by atoms with E-state index in [2.05, 4.69) is 22.4 Å². The van der Waals surface area contributed by atoms with Crippen molar-refractivity contribution in [1.29, 1.82) is 0 Å². The van der Waals surface area contributed by atoms with Crippen molar-refractivity contribution in [2.45, 2.75) is 25.2 Å². The minimum absolute atomic E-state index is 0.0907. The van der Waals surface area contributed by atoms with Gasteiger partial charge in [0.2, 0.25) is 0 Å². The van der Waals surface area contributed by atoms with Gasteiger partial charge >= 0.3 is 0 Å². The molecule has 1 aromatic heterocycles. The Labute approximate surface area is 129 Å². The van der Waals surface area contributed by atoms with E-state index in [9.17, 15) is 9.18 Å². The van der Waals surface area contributed by atoms with Gasteiger partial charge in [-0.3, -0.25) is 9.78 Å². The Morgan fingerprint density at radius 2 is 2.05 bits per heavy atom. The van der Waals surface area contributed by atoms with Gasteiger partial charge < -0.3 is 5.32 Å². The first kappa shape index (κ1) is 14.9. The summed E-state index contributed by atoms with van der Waals surface area (Å²) >= 11 is 0. The van der Waals surface area contributed by atoms with Gasteiger partial charge in [0.1, 0.15) is 11.5 Å². The van der Waals surface area contributed by atoms with Crippen LogP contribution in [0.5, 0.6) is 0 Å². The van der Waals surface area contributed by atoms with E-state index < -0.39 is 5.82 Å². The number of nitrogens with zero attached hydrogens (tertiary/aromatic N) is 1. The van der Waals surface area contributed by atoms with E-state index in [4.69, 9.17) is 0 Å². The summed E-state index contributed by atoms with van der Waals surface area (Å²) in [5, 5.41) is 3.41. The SMILES string of the molecule is O=C(Cc1ccc(C2CCCNC2)cc1)c1ccc(F)cn1. The standard InChI is InChI=1S/C18H19FN2O/c19-16-7-8-17(21-12-16)18(22)10-13-3-5-14(6-4-13)15-2-1-9-20-11-15/h3-8,12,15,20H,1-2,9-11H2. The number of hydrogen-bond acceptors (Lipinski definition) is 3. The van der Waals surface area contributed by atoms with Gasteiger partial charge in [0.05, 0.1) is 6.20 Å². The van der Waals surface area contributed by atoms with Gasteiger partial charge in [-0.2, -0.15) is 0 Å². The van der Waals surface area contributed by atoms with Crippen molar-refractivity contribution in [3.63, 3.8) is 0 Å². The molecule has 1 aliphatic heterocycles. The smallest absolute Gasteiger partial charge is 0.185 e. The molecule has 114 valence electrons. The molecule has 2 heterocycles. The van der Waals surface area contributed by atoms with Crippen molar-refractivity contribution >= 4 is 5.78 Å². The lowest BCUT2D eigenvalue weighted by Gasteiger charge is -2.23. The predicted octanol–water partition coefficient (Wildman–Crippen LogP) is 3.11. The van der Waals surface area contributed by atoms with Gasteiger partial charge in [0, 0.05) is 13.0 Å². The number of ketones is 1. The van der Waals surface area contributed by atoms with Crippen molar-refractivity contribution in [2.24, 2.45) is 0 Å². The van der Waals surface area contributed by atoms with Crippen LogP contribution in [0.15, 0.2) is 42.6 Å². The number of Topliss-reactive ketones (excluding diaryl/α,β-unsaturated/α-hetero) is 1. The monoisotopic (exact) mass is 298 g/mol. The van der Waals surface area contributed by atoms with Gasteiger partial charge in [-0.15, -0.1) is 0 Å². The second-order valence-electron chi connectivity index (χ2n) is 5.75. The lowest BCUT2D eigenvalue weighted by molar-refractivity contribution is 0.0988. The minimum atomic E-state index is -0.429. The number of rotatable bonds is 4. The van der Waals surface area contributed by atoms with Gasteiger partial charge in [0.15, 0.2) is 5.78 Å². The van der Waals surface area contributed by atoms with Crippen molar-refractivity contribution in [3.8, 4) is 0 Å². The van der Waals surface area contributed by atoms with E-state index in [1.165, 1.54) is 30.5 Å². The maximum atomic E-state index is 12.8. The molecule has 0 spiro atoms. The molecule has 0 amide bonds. The predicted molar refractivity (Wildman–Crippen MR) is 83.5 cm³/mol. The number of nitrogens with one attached hydrogen (secondary N) is 1. The van der Waals surface area contributed by atoms with Gasteiger partial charge in [-0.05, 0) is 48.6 Å². The summed E-state index contributed by atoms with van der Waals surface area (Å²) < 4.78 is 12.8. The van der Waals surface area contributed by atoms with E-state index in [0.717, 1.165) is 24.8 Å². The van der Waals surface area contributed by atoms with Crippen LogP contribution in [0, 0.1) is 5.82 Å². The third-order valence-electron chi connectivity index (χ3n) is 4.13. The Morgan fingerprint density at radius 3 is 2.68 bits per heavy atom. The number of hydrogen-bond donors (Lipinski definition) is 1. The van der Waals surface area contributed by atoms with Crippen molar-refractivity contribution in [1.82, 2.24) is 10.3 Å². The molecular formula is C18H19FN2O. The third kappa shape index (κ3) is 3.57. The molecular weight excluding hydrogens is 279 g/mol. The maximum Gasteiger partial charge on any atom is 0.185 e. The molecule has 0 aliphatic carbocycles. The maximum absolute atomic E-state index is 12.8. The van der Waals surface area contributed by atoms with Crippen LogP contribution in [0.3, 0.4) is 0 Å². The zero-order chi connectivity index (χ0) is 15.4. The number of halogens is 1. The average molecular weight is 298 g/mol. The molecule has 0 bridgehead atoms. The topological polar surface area (TPSA) is 42.0 Å². The highest BCUT2D eigenvalue weighted by atomic mass is 19.1. The van der Waals surface area contributed by atoms with Gasteiger partial charge in [-0.1, -0.05) is 24.3 Å². The van der Waals surface area contributed by atoms with Crippen LogP contribution in [0.1, 0.15) is 40.4 Å². The number of pyridine rings is 1. The third-order valence-corrected chi connectivity index (χ3v) is 4.13. The number of piperidine rings is 1. The molecule has 2 aromatic rings. The Bertz CT molecular complexity index is 631. The summed E-state index contributed by atoms with van der Waals surface area (Å²) in [7, 11) is 0. The normalized spacial score (nSPS) is 18.1. The lowest BCUT2D eigenvalue weighted by atomic mass is 9.91. The summed E-state index contributed by atoms with van der Waals surface area (Å²) in [6.07, 6.45) is 3.79. The molecule has 1 unspecified atom stereocenters. The molecule has 1 N–H and O–H groups in total. The van der Waals surface area contributed by atoms with Crippen LogP contribution in [-0.2, 0) is 6.42 Å². The highest BCUT2D eigenvalue weighted by Crippen LogP contribution is 2.23. The van der Waals surface area contributed by atoms with Crippen molar-refractivity contribution in [3.05, 3.63) is 65.2 Å². The van der Waals surface area contributed by atoms with Crippen molar-refractivity contribution in [2.75, 3.05) is 13.1 Å². The fourth-order valence-electron chi connectivity index (χ4n) is 2.86. The highest BCUT2D eigenvalue weighted by molar-refractivity contribution is 5.95. The van der Waals surface area contributed by atoms with Crippen LogP contribution in [0.4, 0.5) is 4.39 Å². The van der Waals surface area contributed by atoms with Crippen LogP contribution >= 0.6 is 0 Å². The Morgan fingerprint density at radius 1 is 1.23 bits per heavy atom. The van der Waals surface area contributed by atoms with Crippen LogP contribution in [0.2, 0.25) is 0 Å². The number of carbonyl (C=O) groups is 1. The average Bonchev–Trinajstić information content (AvgIpc) is 2.57. The number of carbonyl (C=O) groups excluding carboxylic acids is 1. The second-order valence-corrected chi connectivity index (χ2v) is 5.75. The first-order valence-electron chi connectivity index (χ1n) is 7.67. The fraction of sp³-hybridized carbons (Fsp3) is 0.333. The largest absolute Gasteiger partial charge is 0.316 e. The van der Waals surface area contributed by atoms with Crippen LogP contribution in [0.25, 0.3) is 0 Å². The quantitative estimate of drug-likeness (QED) is 0.882. The summed E-state index contributed by atoms with van der Waals surface area (Å²) in [4.78, 5) is 15.9. The second kappa shape index (κ2) is 6.79. The highest BCUT2D eigenvalue weighted by Gasteiger charge is 2.15. The molecule has 1 atom stereocenters. The summed E-state index contributed by atoms with van der Waals surface area (Å²) in [6.45, 7) is 2.13. The molecule has 22 heavy (non-hydrogen) atoms. The van der Waals surface area contributed by atoms with E-state index in [-0.39, 0.29) is 5.78 Å². The van der Waals surface area contributed by atoms with E-state index in [1.54, 1.807) is 0 Å². The van der Waals surface area contributed by atoms with Crippen LogP contribution in [-0.4, -0.2) is 23.9 Å². The lowest BCUT2D eigenvalue weighted by Crippen LogP contribution is -2.28. The van der Waals surface area contributed by atoms with E-state index in [0.29, 0.717) is 18.0 Å². The Balaban J connectivity index is 1.65. The summed E-state index contributed by atoms with van der Waals surface area (Å²) in [5.41, 5.74) is 2.59. The zero-order valence-electron chi connectivity index (χ0n) is 12.4. The van der Waals surface area contributed by atoms with E-state index in [1.807, 2.05) is 12.1 Å². The van der Waals surface area contributed by atoms with Crippen molar-refractivity contribution < 1.29 is 9.18 Å². The number of benzene rings is 1. The van der Waals surface area contributed by atoms with Crippen LogP contribution < -0.4 is 5.32 Å². The number of aromatic nitrogens is 1. The molecule has 0 saturated carbocycles. The molecule has 3 rings (SSSR count). The first-order chi connectivity index (χ1) is 10.7. The molecule has 1 saturated heterocycles. The summed E-state index contributed by atoms with van der Waals surface area (Å²) in [5.74, 6) is 0.0475. The molecule has 1 fully saturated rings. The molecule has 0 radical (unpaired) electrons. The zero-order valence-corrected chi connectivity index (χ0v) is 12.4.